The van der Waals surface area contributed by atoms with Crippen LogP contribution >= 0.6 is 27.3 Å². The van der Waals surface area contributed by atoms with Crippen LogP contribution in [-0.4, -0.2) is 5.11 Å². The Hall–Kier alpha value is -0.840. The van der Waals surface area contributed by atoms with Gasteiger partial charge in [-0.15, -0.1) is 11.3 Å². The molecule has 90 valence electrons. The van der Waals surface area contributed by atoms with Crippen molar-refractivity contribution >= 4 is 27.3 Å². The van der Waals surface area contributed by atoms with Crippen molar-refractivity contribution in [3.8, 4) is 5.75 Å². The van der Waals surface area contributed by atoms with Gasteiger partial charge in [0.05, 0.1) is 9.89 Å². The monoisotopic (exact) mass is 312 g/mol. The van der Waals surface area contributed by atoms with Crippen molar-refractivity contribution in [3.63, 3.8) is 0 Å². The Labute approximate surface area is 113 Å². The van der Waals surface area contributed by atoms with E-state index in [0.717, 1.165) is 15.1 Å². The highest BCUT2D eigenvalue weighted by Gasteiger charge is 2.02. The van der Waals surface area contributed by atoms with Crippen molar-refractivity contribution in [3.05, 3.63) is 50.6 Å². The molecule has 0 amide bonds. The zero-order valence-corrected chi connectivity index (χ0v) is 11.8. The fourth-order valence-corrected chi connectivity index (χ4v) is 2.82. The van der Waals surface area contributed by atoms with Gasteiger partial charge in [0.15, 0.2) is 0 Å². The van der Waals surface area contributed by atoms with E-state index in [0.29, 0.717) is 6.61 Å². The van der Waals surface area contributed by atoms with E-state index in [1.807, 2.05) is 36.4 Å². The quantitative estimate of drug-likeness (QED) is 0.919. The number of aliphatic hydroxyl groups excluding tert-OH is 1. The molecule has 4 heteroatoms. The Morgan fingerprint density at radius 3 is 2.47 bits per heavy atom. The minimum absolute atomic E-state index is 0.433. The molecule has 0 aliphatic heterocycles. The van der Waals surface area contributed by atoms with Gasteiger partial charge in [-0.05, 0) is 52.7 Å². The number of ether oxygens (including phenoxy) is 1. The smallest absolute Gasteiger partial charge is 0.122 e. The molecular formula is C13H13BrO2S. The van der Waals surface area contributed by atoms with E-state index in [-0.39, 0.29) is 0 Å². The van der Waals surface area contributed by atoms with Crippen LogP contribution in [0.25, 0.3) is 0 Å². The first-order chi connectivity index (χ1) is 8.15. The first-order valence-corrected chi connectivity index (χ1v) is 6.91. The van der Waals surface area contributed by atoms with E-state index >= 15 is 0 Å². The fourth-order valence-electron chi connectivity index (χ4n) is 1.43. The summed E-state index contributed by atoms with van der Waals surface area (Å²) in [6.45, 7) is 2.32. The van der Waals surface area contributed by atoms with Crippen molar-refractivity contribution < 1.29 is 9.84 Å². The predicted octanol–water partition coefficient (Wildman–Crippen LogP) is 4.14. The summed E-state index contributed by atoms with van der Waals surface area (Å²) in [6, 6.07) is 11.6. The molecule has 1 aromatic heterocycles. The lowest BCUT2D eigenvalue weighted by atomic mass is 10.1. The Balaban J connectivity index is 1.95. The number of hydrogen-bond donors (Lipinski definition) is 1. The molecule has 0 radical (unpaired) electrons. The van der Waals surface area contributed by atoms with Crippen LogP contribution in [0.3, 0.4) is 0 Å². The maximum absolute atomic E-state index is 9.38. The van der Waals surface area contributed by atoms with Crippen LogP contribution in [0.15, 0.2) is 40.2 Å². The van der Waals surface area contributed by atoms with E-state index in [4.69, 9.17) is 4.74 Å². The minimum atomic E-state index is -0.433. The molecule has 0 unspecified atom stereocenters. The van der Waals surface area contributed by atoms with Gasteiger partial charge in [0, 0.05) is 4.88 Å². The maximum Gasteiger partial charge on any atom is 0.122 e. The highest BCUT2D eigenvalue weighted by molar-refractivity contribution is 9.11. The second-order valence-electron chi connectivity index (χ2n) is 3.74. The summed E-state index contributed by atoms with van der Waals surface area (Å²) in [5.74, 6) is 0.818. The molecule has 2 nitrogen and oxygen atoms in total. The predicted molar refractivity (Wildman–Crippen MR) is 73.4 cm³/mol. The van der Waals surface area contributed by atoms with Crippen LogP contribution < -0.4 is 4.74 Å². The molecule has 1 N–H and O–H groups in total. The third-order valence-corrected chi connectivity index (χ3v) is 3.97. The zero-order valence-electron chi connectivity index (χ0n) is 9.39. The Bertz CT molecular complexity index is 476. The third-order valence-electron chi connectivity index (χ3n) is 2.37. The lowest BCUT2D eigenvalue weighted by Gasteiger charge is -2.07. The molecule has 1 aromatic carbocycles. The lowest BCUT2D eigenvalue weighted by Crippen LogP contribution is -1.94. The van der Waals surface area contributed by atoms with E-state index in [1.165, 1.54) is 4.88 Å². The SMILES string of the molecule is C[C@H](O)c1ccc(OCc2ccc(Br)s2)cc1. The van der Waals surface area contributed by atoms with Crippen molar-refractivity contribution in [1.29, 1.82) is 0 Å². The number of benzene rings is 1. The summed E-state index contributed by atoms with van der Waals surface area (Å²) in [4.78, 5) is 1.18. The van der Waals surface area contributed by atoms with E-state index in [9.17, 15) is 5.11 Å². The summed E-state index contributed by atoms with van der Waals surface area (Å²) < 4.78 is 6.76. The molecule has 1 atom stereocenters. The van der Waals surface area contributed by atoms with Gasteiger partial charge >= 0.3 is 0 Å². The molecule has 0 fully saturated rings. The van der Waals surface area contributed by atoms with Crippen LogP contribution in [0.2, 0.25) is 0 Å². The molecule has 0 aliphatic carbocycles. The molecule has 0 bridgehead atoms. The number of halogens is 1. The van der Waals surface area contributed by atoms with E-state index in [1.54, 1.807) is 18.3 Å². The second-order valence-corrected chi connectivity index (χ2v) is 6.29. The fraction of sp³-hybridized carbons (Fsp3) is 0.231. The number of rotatable bonds is 4. The van der Waals surface area contributed by atoms with Gasteiger partial charge in [0.1, 0.15) is 12.4 Å². The van der Waals surface area contributed by atoms with Gasteiger partial charge in [-0.2, -0.15) is 0 Å². The molecule has 17 heavy (non-hydrogen) atoms. The van der Waals surface area contributed by atoms with Crippen molar-refractivity contribution in [2.45, 2.75) is 19.6 Å². The topological polar surface area (TPSA) is 29.5 Å². The number of aliphatic hydroxyl groups is 1. The summed E-state index contributed by atoms with van der Waals surface area (Å²) in [6.07, 6.45) is -0.433. The van der Waals surface area contributed by atoms with Crippen molar-refractivity contribution in [2.24, 2.45) is 0 Å². The van der Waals surface area contributed by atoms with Crippen molar-refractivity contribution in [1.82, 2.24) is 0 Å². The summed E-state index contributed by atoms with van der Waals surface area (Å²) in [7, 11) is 0. The first kappa shape index (κ1) is 12.6. The van der Waals surface area contributed by atoms with Crippen LogP contribution in [-0.2, 0) is 6.61 Å². The first-order valence-electron chi connectivity index (χ1n) is 5.30. The third kappa shape index (κ3) is 3.56. The minimum Gasteiger partial charge on any atom is -0.488 e. The number of thiophene rings is 1. The van der Waals surface area contributed by atoms with E-state index < -0.39 is 6.10 Å². The second kappa shape index (κ2) is 5.67. The molecule has 0 aliphatic rings. The number of hydrogen-bond acceptors (Lipinski definition) is 3. The molecule has 2 aromatic rings. The molecule has 2 rings (SSSR count). The van der Waals surface area contributed by atoms with Crippen LogP contribution in [0.5, 0.6) is 5.75 Å². The van der Waals surface area contributed by atoms with Crippen LogP contribution in [0.1, 0.15) is 23.5 Å². The molecule has 0 spiro atoms. The summed E-state index contributed by atoms with van der Waals surface area (Å²) >= 11 is 5.09. The molecule has 0 saturated heterocycles. The molecular weight excluding hydrogens is 300 g/mol. The van der Waals surface area contributed by atoms with Gasteiger partial charge in [0.2, 0.25) is 0 Å². The molecule has 0 saturated carbocycles. The summed E-state index contributed by atoms with van der Waals surface area (Å²) in [5, 5.41) is 9.38. The Morgan fingerprint density at radius 1 is 1.24 bits per heavy atom. The zero-order chi connectivity index (χ0) is 12.3. The highest BCUT2D eigenvalue weighted by atomic mass is 79.9. The Morgan fingerprint density at radius 2 is 1.94 bits per heavy atom. The van der Waals surface area contributed by atoms with Crippen LogP contribution in [0.4, 0.5) is 0 Å². The normalized spacial score (nSPS) is 12.4. The highest BCUT2D eigenvalue weighted by Crippen LogP contribution is 2.24. The average Bonchev–Trinajstić information content (AvgIpc) is 2.73. The van der Waals surface area contributed by atoms with Gasteiger partial charge in [-0.3, -0.25) is 0 Å². The van der Waals surface area contributed by atoms with Gasteiger partial charge in [-0.25, -0.2) is 0 Å². The molecule has 1 heterocycles. The average molecular weight is 313 g/mol. The largest absolute Gasteiger partial charge is 0.488 e. The Kier molecular flexibility index (Phi) is 4.20. The van der Waals surface area contributed by atoms with Crippen molar-refractivity contribution in [2.75, 3.05) is 0 Å². The van der Waals surface area contributed by atoms with E-state index in [2.05, 4.69) is 15.9 Å². The van der Waals surface area contributed by atoms with Gasteiger partial charge in [0.25, 0.3) is 0 Å². The summed E-state index contributed by atoms with van der Waals surface area (Å²) in [5.41, 5.74) is 0.899. The van der Waals surface area contributed by atoms with Crippen LogP contribution in [0, 0.1) is 0 Å². The standard InChI is InChI=1S/C13H13BrO2S/c1-9(15)10-2-4-11(5-3-10)16-8-12-6-7-13(14)17-12/h2-7,9,15H,8H2,1H3/t9-/m0/s1. The van der Waals surface area contributed by atoms with Gasteiger partial charge in [-0.1, -0.05) is 12.1 Å². The maximum atomic E-state index is 9.38. The lowest BCUT2D eigenvalue weighted by molar-refractivity contribution is 0.199. The van der Waals surface area contributed by atoms with Gasteiger partial charge < -0.3 is 9.84 Å².